The van der Waals surface area contributed by atoms with Crippen LogP contribution < -0.4 is 4.74 Å². The van der Waals surface area contributed by atoms with Crippen LogP contribution in [-0.2, 0) is 11.3 Å². The van der Waals surface area contributed by atoms with E-state index in [2.05, 4.69) is 15.1 Å². The Kier molecular flexibility index (Phi) is 5.07. The van der Waals surface area contributed by atoms with E-state index < -0.39 is 5.97 Å². The fourth-order valence-corrected chi connectivity index (χ4v) is 4.60. The predicted octanol–water partition coefficient (Wildman–Crippen LogP) is 5.23. The number of methoxy groups -OCH3 is 1. The summed E-state index contributed by atoms with van der Waals surface area (Å²) in [4.78, 5) is 22.3. The molecular formula is C22H17ClN4O4S. The van der Waals surface area contributed by atoms with Gasteiger partial charge in [-0.3, -0.25) is 0 Å². The molecule has 0 N–H and O–H groups in total. The van der Waals surface area contributed by atoms with Gasteiger partial charge in [0.15, 0.2) is 11.4 Å². The summed E-state index contributed by atoms with van der Waals surface area (Å²) in [7, 11) is 1.36. The van der Waals surface area contributed by atoms with Crippen LogP contribution in [0.4, 0.5) is 0 Å². The van der Waals surface area contributed by atoms with Crippen LogP contribution in [0.5, 0.6) is 5.75 Å². The van der Waals surface area contributed by atoms with E-state index in [4.69, 9.17) is 25.5 Å². The fraction of sp³-hybridized carbons (Fsp3) is 0.182. The molecule has 32 heavy (non-hydrogen) atoms. The minimum Gasteiger partial charge on any atom is -0.484 e. The largest absolute Gasteiger partial charge is 0.484 e. The number of esters is 1. The van der Waals surface area contributed by atoms with E-state index in [0.717, 1.165) is 16.5 Å². The second kappa shape index (κ2) is 7.92. The number of furan rings is 1. The second-order valence-electron chi connectivity index (χ2n) is 7.16. The summed E-state index contributed by atoms with van der Waals surface area (Å²) in [5.74, 6) is 1.71. The van der Waals surface area contributed by atoms with Gasteiger partial charge in [0, 0.05) is 0 Å². The molecule has 4 heterocycles. The Morgan fingerprint density at radius 3 is 2.91 bits per heavy atom. The maximum Gasteiger partial charge on any atom is 0.348 e. The Bertz CT molecular complexity index is 1490. The second-order valence-corrected chi connectivity index (χ2v) is 8.57. The van der Waals surface area contributed by atoms with E-state index in [1.165, 1.54) is 18.4 Å². The van der Waals surface area contributed by atoms with Gasteiger partial charge >= 0.3 is 5.97 Å². The summed E-state index contributed by atoms with van der Waals surface area (Å²) in [6.45, 7) is 4.03. The van der Waals surface area contributed by atoms with E-state index in [0.29, 0.717) is 43.5 Å². The zero-order valence-corrected chi connectivity index (χ0v) is 19.0. The molecule has 0 aliphatic heterocycles. The number of rotatable bonds is 5. The molecule has 0 aliphatic rings. The molecule has 0 saturated carbocycles. The van der Waals surface area contributed by atoms with Crippen molar-refractivity contribution in [2.75, 3.05) is 7.11 Å². The summed E-state index contributed by atoms with van der Waals surface area (Å²) in [5, 5.41) is 5.79. The number of aryl methyl sites for hydroxylation is 2. The van der Waals surface area contributed by atoms with Crippen LogP contribution in [0.1, 0.15) is 26.6 Å². The summed E-state index contributed by atoms with van der Waals surface area (Å²) in [6.07, 6.45) is 1.57. The highest BCUT2D eigenvalue weighted by Crippen LogP contribution is 2.33. The Hall–Kier alpha value is -3.43. The average molecular weight is 469 g/mol. The number of aromatic nitrogens is 4. The first-order chi connectivity index (χ1) is 15.4. The van der Waals surface area contributed by atoms with Crippen LogP contribution in [0, 0.1) is 13.8 Å². The Morgan fingerprint density at radius 1 is 1.25 bits per heavy atom. The monoisotopic (exact) mass is 468 g/mol. The number of ether oxygens (including phenoxy) is 2. The zero-order chi connectivity index (χ0) is 22.4. The number of nitrogens with zero attached hydrogens (tertiary/aromatic N) is 4. The minimum absolute atomic E-state index is 0.217. The Morgan fingerprint density at radius 2 is 2.09 bits per heavy atom. The lowest BCUT2D eigenvalue weighted by Gasteiger charge is -2.07. The normalized spacial score (nSPS) is 11.4. The number of thiophene rings is 1. The van der Waals surface area contributed by atoms with Gasteiger partial charge in [0.25, 0.3) is 0 Å². The first kappa shape index (κ1) is 20.5. The third-order valence-corrected chi connectivity index (χ3v) is 6.47. The molecule has 5 rings (SSSR count). The Labute approximate surface area is 191 Å². The molecule has 0 amide bonds. The van der Waals surface area contributed by atoms with Crippen molar-refractivity contribution in [2.45, 2.75) is 20.5 Å². The third-order valence-electron chi connectivity index (χ3n) is 4.98. The molecular weight excluding hydrogens is 452 g/mol. The van der Waals surface area contributed by atoms with Gasteiger partial charge < -0.3 is 13.9 Å². The first-order valence-electron chi connectivity index (χ1n) is 9.65. The van der Waals surface area contributed by atoms with Crippen LogP contribution in [-0.4, -0.2) is 32.7 Å². The lowest BCUT2D eigenvalue weighted by atomic mass is 10.2. The molecule has 4 aromatic heterocycles. The van der Waals surface area contributed by atoms with E-state index in [-0.39, 0.29) is 6.61 Å². The number of hydrogen-bond acceptors (Lipinski definition) is 8. The zero-order valence-electron chi connectivity index (χ0n) is 17.4. The molecule has 0 radical (unpaired) electrons. The number of benzene rings is 1. The Balaban J connectivity index is 1.46. The van der Waals surface area contributed by atoms with Crippen LogP contribution >= 0.6 is 22.9 Å². The van der Waals surface area contributed by atoms with Gasteiger partial charge in [0.2, 0.25) is 5.82 Å². The number of fused-ring (bicyclic) bond motifs is 3. The lowest BCUT2D eigenvalue weighted by Crippen LogP contribution is -1.99. The number of halogens is 1. The predicted molar refractivity (Wildman–Crippen MR) is 120 cm³/mol. The molecule has 0 atom stereocenters. The van der Waals surface area contributed by atoms with Crippen molar-refractivity contribution < 1.29 is 18.7 Å². The molecule has 162 valence electrons. The van der Waals surface area contributed by atoms with Crippen molar-refractivity contribution in [3.63, 3.8) is 0 Å². The lowest BCUT2D eigenvalue weighted by molar-refractivity contribution is 0.0605. The van der Waals surface area contributed by atoms with Crippen molar-refractivity contribution in [1.29, 1.82) is 0 Å². The van der Waals surface area contributed by atoms with Gasteiger partial charge in [-0.15, -0.1) is 16.4 Å². The number of hydrogen-bond donors (Lipinski definition) is 0. The molecule has 0 spiro atoms. The van der Waals surface area contributed by atoms with Crippen LogP contribution in [0.2, 0.25) is 5.02 Å². The molecule has 1 aromatic carbocycles. The quantitative estimate of drug-likeness (QED) is 0.326. The van der Waals surface area contributed by atoms with Gasteiger partial charge in [-0.2, -0.15) is 0 Å². The number of carbonyl (C=O) groups excluding carboxylic acids is 1. The molecule has 10 heteroatoms. The average Bonchev–Trinajstić information content (AvgIpc) is 3.50. The molecule has 5 aromatic rings. The maximum atomic E-state index is 12.1. The highest BCUT2D eigenvalue weighted by Gasteiger charge is 2.21. The van der Waals surface area contributed by atoms with E-state index in [1.54, 1.807) is 23.0 Å². The summed E-state index contributed by atoms with van der Waals surface area (Å²) >= 11 is 7.46. The highest BCUT2D eigenvalue weighted by molar-refractivity contribution is 7.20. The molecule has 0 unspecified atom stereocenters. The van der Waals surface area contributed by atoms with Gasteiger partial charge in [-0.1, -0.05) is 17.7 Å². The van der Waals surface area contributed by atoms with Crippen molar-refractivity contribution in [3.8, 4) is 17.3 Å². The summed E-state index contributed by atoms with van der Waals surface area (Å²) in [6, 6.07) is 9.19. The molecule has 0 fully saturated rings. The first-order valence-corrected chi connectivity index (χ1v) is 10.8. The smallest absolute Gasteiger partial charge is 0.348 e. The SMILES string of the molecule is COC(=O)c1sc2ncn3nc(-c4ccc(COc5cc(C)ccc5Cl)o4)nc3c2c1C. The highest BCUT2D eigenvalue weighted by atomic mass is 35.5. The van der Waals surface area contributed by atoms with E-state index >= 15 is 0 Å². The fourth-order valence-electron chi connectivity index (χ4n) is 3.37. The summed E-state index contributed by atoms with van der Waals surface area (Å²) < 4.78 is 18.1. The number of carbonyl (C=O) groups is 1. The van der Waals surface area contributed by atoms with Gasteiger partial charge in [0.1, 0.15) is 34.2 Å². The van der Waals surface area contributed by atoms with Crippen molar-refractivity contribution in [1.82, 2.24) is 19.6 Å². The minimum atomic E-state index is -0.396. The topological polar surface area (TPSA) is 91.8 Å². The van der Waals surface area contributed by atoms with E-state index in [1.807, 2.05) is 32.0 Å². The third kappa shape index (κ3) is 3.49. The molecule has 0 aliphatic carbocycles. The van der Waals surface area contributed by atoms with Gasteiger partial charge in [-0.05, 0) is 49.2 Å². The standard InChI is InChI=1S/C22H17ClN4O4S/c1-11-4-6-14(23)16(8-11)30-9-13-5-7-15(31-13)19-25-20-17-12(2)18(22(28)29-3)32-21(17)24-10-27(20)26-19/h4-8,10H,9H2,1-3H3. The summed E-state index contributed by atoms with van der Waals surface area (Å²) in [5.41, 5.74) is 2.41. The van der Waals surface area contributed by atoms with Crippen molar-refractivity contribution >= 4 is 44.8 Å². The van der Waals surface area contributed by atoms with Crippen molar-refractivity contribution in [2.24, 2.45) is 0 Å². The molecule has 0 saturated heterocycles. The van der Waals surface area contributed by atoms with E-state index in [9.17, 15) is 4.79 Å². The van der Waals surface area contributed by atoms with Gasteiger partial charge in [0.05, 0.1) is 17.5 Å². The van der Waals surface area contributed by atoms with Crippen molar-refractivity contribution in [3.05, 3.63) is 63.4 Å². The van der Waals surface area contributed by atoms with Gasteiger partial charge in [-0.25, -0.2) is 19.3 Å². The van der Waals surface area contributed by atoms with Crippen LogP contribution in [0.25, 0.3) is 27.4 Å². The maximum absolute atomic E-state index is 12.1. The molecule has 8 nitrogen and oxygen atoms in total. The molecule has 0 bridgehead atoms. The van der Waals surface area contributed by atoms with Crippen LogP contribution in [0.3, 0.4) is 0 Å². The van der Waals surface area contributed by atoms with Crippen LogP contribution in [0.15, 0.2) is 41.1 Å².